The molecular weight excluding hydrogens is 224 g/mol. The van der Waals surface area contributed by atoms with Crippen LogP contribution in [0.2, 0.25) is 0 Å². The third-order valence-electron chi connectivity index (χ3n) is 2.19. The van der Waals surface area contributed by atoms with Gasteiger partial charge in [0.15, 0.2) is 0 Å². The fourth-order valence-electron chi connectivity index (χ4n) is 1.35. The van der Waals surface area contributed by atoms with Crippen molar-refractivity contribution in [1.82, 2.24) is 5.32 Å². The Bertz CT molecular complexity index is 407. The molecule has 0 bridgehead atoms. The molecule has 0 spiro atoms. The maximum absolute atomic E-state index is 11.1. The van der Waals surface area contributed by atoms with Gasteiger partial charge in [0.1, 0.15) is 0 Å². The van der Waals surface area contributed by atoms with Crippen molar-refractivity contribution in [2.45, 2.75) is 12.1 Å². The zero-order valence-corrected chi connectivity index (χ0v) is 9.09. The van der Waals surface area contributed by atoms with Crippen molar-refractivity contribution in [2.75, 3.05) is 6.54 Å². The number of carbonyl (C=O) groups excluding carboxylic acids is 1. The molecule has 1 amide bonds. The van der Waals surface area contributed by atoms with E-state index in [1.807, 2.05) is 5.32 Å². The standard InChI is InChI=1S/C11H14N2O4/c12-7-9(14)13-11(17,10(15)16)6-8-4-2-1-3-5-8/h1-5,17H,6-7,12H2,(H,13,14)(H,15,16). The van der Waals surface area contributed by atoms with Crippen LogP contribution in [0.4, 0.5) is 0 Å². The number of nitrogens with two attached hydrogens (primary N) is 1. The van der Waals surface area contributed by atoms with E-state index in [0.29, 0.717) is 5.56 Å². The Hall–Kier alpha value is -1.92. The van der Waals surface area contributed by atoms with Crippen LogP contribution in [0, 0.1) is 0 Å². The number of hydrogen-bond donors (Lipinski definition) is 4. The van der Waals surface area contributed by atoms with E-state index in [9.17, 15) is 14.7 Å². The summed E-state index contributed by atoms with van der Waals surface area (Å²) in [5, 5.41) is 20.8. The van der Waals surface area contributed by atoms with Crippen LogP contribution < -0.4 is 11.1 Å². The molecule has 6 heteroatoms. The maximum Gasteiger partial charge on any atom is 0.357 e. The summed E-state index contributed by atoms with van der Waals surface area (Å²) >= 11 is 0. The molecule has 0 aliphatic rings. The molecule has 5 N–H and O–H groups in total. The van der Waals surface area contributed by atoms with E-state index in [1.165, 1.54) is 0 Å². The first-order chi connectivity index (χ1) is 7.98. The van der Waals surface area contributed by atoms with Gasteiger partial charge in [0.25, 0.3) is 0 Å². The quantitative estimate of drug-likeness (QED) is 0.495. The molecule has 0 saturated heterocycles. The Morgan fingerprint density at radius 2 is 1.88 bits per heavy atom. The SMILES string of the molecule is NCC(=O)NC(O)(Cc1ccccc1)C(=O)O. The van der Waals surface area contributed by atoms with Crippen LogP contribution in [-0.2, 0) is 16.0 Å². The highest BCUT2D eigenvalue weighted by atomic mass is 16.4. The summed E-state index contributed by atoms with van der Waals surface area (Å²) in [6, 6.07) is 8.50. The number of rotatable bonds is 5. The first kappa shape index (κ1) is 13.1. The zero-order valence-electron chi connectivity index (χ0n) is 9.09. The first-order valence-electron chi connectivity index (χ1n) is 4.99. The number of carboxylic acids is 1. The van der Waals surface area contributed by atoms with Crippen LogP contribution in [0.5, 0.6) is 0 Å². The van der Waals surface area contributed by atoms with Gasteiger partial charge in [-0.2, -0.15) is 0 Å². The zero-order chi connectivity index (χ0) is 12.9. The lowest BCUT2D eigenvalue weighted by Gasteiger charge is -2.24. The number of hydrogen-bond acceptors (Lipinski definition) is 4. The van der Waals surface area contributed by atoms with Gasteiger partial charge in [-0.25, -0.2) is 4.79 Å². The summed E-state index contributed by atoms with van der Waals surface area (Å²) in [4.78, 5) is 22.0. The second-order valence-corrected chi connectivity index (χ2v) is 3.58. The maximum atomic E-state index is 11.1. The predicted octanol–water partition coefficient (Wildman–Crippen LogP) is -0.923. The lowest BCUT2D eigenvalue weighted by Crippen LogP contribution is -2.57. The molecule has 0 radical (unpaired) electrons. The highest BCUT2D eigenvalue weighted by molar-refractivity contribution is 5.86. The second kappa shape index (κ2) is 5.42. The molecule has 1 aromatic rings. The van der Waals surface area contributed by atoms with E-state index in [0.717, 1.165) is 0 Å². The molecular formula is C11H14N2O4. The Balaban J connectivity index is 2.86. The van der Waals surface area contributed by atoms with Gasteiger partial charge in [0.05, 0.1) is 6.54 Å². The third kappa shape index (κ3) is 3.54. The van der Waals surface area contributed by atoms with Crippen LogP contribution >= 0.6 is 0 Å². The minimum Gasteiger partial charge on any atom is -0.478 e. The van der Waals surface area contributed by atoms with Crippen LogP contribution in [-0.4, -0.2) is 34.4 Å². The number of amides is 1. The third-order valence-corrected chi connectivity index (χ3v) is 2.19. The van der Waals surface area contributed by atoms with Crippen molar-refractivity contribution < 1.29 is 19.8 Å². The van der Waals surface area contributed by atoms with E-state index in [1.54, 1.807) is 30.3 Å². The Morgan fingerprint density at radius 3 is 2.35 bits per heavy atom. The molecule has 1 unspecified atom stereocenters. The first-order valence-corrected chi connectivity index (χ1v) is 4.99. The monoisotopic (exact) mass is 238 g/mol. The van der Waals surface area contributed by atoms with Crippen molar-refractivity contribution in [1.29, 1.82) is 0 Å². The van der Waals surface area contributed by atoms with Crippen LogP contribution in [0.1, 0.15) is 5.56 Å². The average molecular weight is 238 g/mol. The van der Waals surface area contributed by atoms with Gasteiger partial charge in [0.2, 0.25) is 11.6 Å². The number of aliphatic carboxylic acids is 1. The second-order valence-electron chi connectivity index (χ2n) is 3.58. The average Bonchev–Trinajstić information content (AvgIpc) is 2.29. The predicted molar refractivity (Wildman–Crippen MR) is 59.9 cm³/mol. The Kier molecular flexibility index (Phi) is 4.19. The molecule has 0 aliphatic carbocycles. The van der Waals surface area contributed by atoms with E-state index in [-0.39, 0.29) is 13.0 Å². The van der Waals surface area contributed by atoms with Gasteiger partial charge in [-0.05, 0) is 5.56 Å². The summed E-state index contributed by atoms with van der Waals surface area (Å²) in [5.41, 5.74) is 3.31. The van der Waals surface area contributed by atoms with Gasteiger partial charge in [-0.3, -0.25) is 4.79 Å². The van der Waals surface area contributed by atoms with Crippen LogP contribution in [0.25, 0.3) is 0 Å². The van der Waals surface area contributed by atoms with Gasteiger partial charge >= 0.3 is 5.97 Å². The molecule has 6 nitrogen and oxygen atoms in total. The summed E-state index contributed by atoms with van der Waals surface area (Å²) in [7, 11) is 0. The van der Waals surface area contributed by atoms with E-state index >= 15 is 0 Å². The van der Waals surface area contributed by atoms with E-state index in [2.05, 4.69) is 0 Å². The number of benzene rings is 1. The Labute approximate surface area is 98.1 Å². The van der Waals surface area contributed by atoms with E-state index < -0.39 is 17.6 Å². The summed E-state index contributed by atoms with van der Waals surface area (Å²) in [5.74, 6) is -2.26. The highest BCUT2D eigenvalue weighted by Crippen LogP contribution is 2.11. The summed E-state index contributed by atoms with van der Waals surface area (Å²) in [6.45, 7) is -0.385. The number of carboxylic acid groups (broad SMARTS) is 1. The summed E-state index contributed by atoms with van der Waals surface area (Å²) in [6.07, 6.45) is -0.227. The summed E-state index contributed by atoms with van der Waals surface area (Å²) < 4.78 is 0. The number of nitrogens with one attached hydrogen (secondary N) is 1. The molecule has 1 aromatic carbocycles. The van der Waals surface area contributed by atoms with Crippen molar-refractivity contribution in [3.05, 3.63) is 35.9 Å². The largest absolute Gasteiger partial charge is 0.478 e. The fraction of sp³-hybridized carbons (Fsp3) is 0.273. The number of aliphatic hydroxyl groups is 1. The smallest absolute Gasteiger partial charge is 0.357 e. The van der Waals surface area contributed by atoms with Gasteiger partial charge in [-0.15, -0.1) is 0 Å². The van der Waals surface area contributed by atoms with Gasteiger partial charge < -0.3 is 21.3 Å². The molecule has 0 saturated carbocycles. The minimum absolute atomic E-state index is 0.227. The van der Waals surface area contributed by atoms with Crippen molar-refractivity contribution in [2.24, 2.45) is 5.73 Å². The Morgan fingerprint density at radius 1 is 1.29 bits per heavy atom. The lowest BCUT2D eigenvalue weighted by molar-refractivity contribution is -0.165. The van der Waals surface area contributed by atoms with Gasteiger partial charge in [-0.1, -0.05) is 30.3 Å². The van der Waals surface area contributed by atoms with Gasteiger partial charge in [0, 0.05) is 6.42 Å². The normalized spacial score (nSPS) is 13.8. The molecule has 0 aliphatic heterocycles. The van der Waals surface area contributed by atoms with E-state index in [4.69, 9.17) is 10.8 Å². The molecule has 0 aromatic heterocycles. The molecule has 1 rings (SSSR count). The topological polar surface area (TPSA) is 113 Å². The van der Waals surface area contributed by atoms with Crippen molar-refractivity contribution in [3.8, 4) is 0 Å². The van der Waals surface area contributed by atoms with Crippen molar-refractivity contribution in [3.63, 3.8) is 0 Å². The van der Waals surface area contributed by atoms with Crippen molar-refractivity contribution >= 4 is 11.9 Å². The molecule has 92 valence electrons. The molecule has 0 heterocycles. The molecule has 1 atom stereocenters. The fourth-order valence-corrected chi connectivity index (χ4v) is 1.35. The molecule has 17 heavy (non-hydrogen) atoms. The number of carbonyl (C=O) groups is 2. The highest BCUT2D eigenvalue weighted by Gasteiger charge is 2.37. The van der Waals surface area contributed by atoms with Crippen LogP contribution in [0.3, 0.4) is 0 Å². The minimum atomic E-state index is -2.34. The van der Waals surface area contributed by atoms with Crippen LogP contribution in [0.15, 0.2) is 30.3 Å². The molecule has 0 fully saturated rings. The lowest BCUT2D eigenvalue weighted by atomic mass is 10.0.